The van der Waals surface area contributed by atoms with Crippen LogP contribution in [0.5, 0.6) is 5.75 Å². The average Bonchev–Trinajstić information content (AvgIpc) is 2.98. The minimum Gasteiger partial charge on any atom is -0.497 e. The lowest BCUT2D eigenvalue weighted by molar-refractivity contribution is -0.129. The van der Waals surface area contributed by atoms with Crippen LogP contribution in [0.15, 0.2) is 18.2 Å². The minimum atomic E-state index is -0.349. The fourth-order valence-corrected chi connectivity index (χ4v) is 2.20. The number of benzene rings is 1. The largest absolute Gasteiger partial charge is 0.497 e. The predicted octanol–water partition coefficient (Wildman–Crippen LogP) is 0.630. The molecular formula is C14H19N3O3. The highest BCUT2D eigenvalue weighted by Gasteiger charge is 2.19. The smallest absolute Gasteiger partial charge is 0.253 e. The summed E-state index contributed by atoms with van der Waals surface area (Å²) in [6.07, 6.45) is 2.07. The highest BCUT2D eigenvalue weighted by molar-refractivity contribution is 6.00. The first-order valence-electron chi connectivity index (χ1n) is 6.61. The van der Waals surface area contributed by atoms with E-state index in [9.17, 15) is 9.59 Å². The van der Waals surface area contributed by atoms with Crippen LogP contribution >= 0.6 is 0 Å². The number of nitrogens with one attached hydrogen (secondary N) is 1. The second kappa shape index (κ2) is 6.27. The summed E-state index contributed by atoms with van der Waals surface area (Å²) in [6.45, 7) is 1.56. The Bertz CT molecular complexity index is 510. The number of nitrogens with two attached hydrogens (primary N) is 1. The van der Waals surface area contributed by atoms with Crippen LogP contribution in [0, 0.1) is 0 Å². The number of nitrogens with zero attached hydrogens (tertiary/aromatic N) is 1. The molecule has 1 aromatic carbocycles. The van der Waals surface area contributed by atoms with E-state index in [-0.39, 0.29) is 18.4 Å². The molecule has 1 heterocycles. The lowest BCUT2D eigenvalue weighted by Gasteiger charge is -2.15. The molecule has 0 aliphatic carbocycles. The van der Waals surface area contributed by atoms with Crippen molar-refractivity contribution in [3.8, 4) is 5.75 Å². The molecule has 6 nitrogen and oxygen atoms in total. The van der Waals surface area contributed by atoms with Crippen molar-refractivity contribution in [2.75, 3.05) is 32.5 Å². The van der Waals surface area contributed by atoms with Crippen LogP contribution in [0.25, 0.3) is 0 Å². The number of carbonyl (C=O) groups excluding carboxylic acids is 2. The summed E-state index contributed by atoms with van der Waals surface area (Å²) < 4.78 is 5.02. The Morgan fingerprint density at radius 3 is 2.65 bits per heavy atom. The standard InChI is InChI=1S/C14H19N3O3/c1-20-10-4-5-11(12(15)8-10)14(19)16-9-13(18)17-6-2-3-7-17/h4-5,8H,2-3,6-7,9,15H2,1H3,(H,16,19). The Balaban J connectivity index is 1.93. The van der Waals surface area contributed by atoms with Crippen LogP contribution in [-0.4, -0.2) is 43.5 Å². The summed E-state index contributed by atoms with van der Waals surface area (Å²) in [6, 6.07) is 4.83. The van der Waals surface area contributed by atoms with Gasteiger partial charge in [-0.2, -0.15) is 0 Å². The van der Waals surface area contributed by atoms with Gasteiger partial charge >= 0.3 is 0 Å². The lowest BCUT2D eigenvalue weighted by atomic mass is 10.1. The summed E-state index contributed by atoms with van der Waals surface area (Å²) in [5.41, 5.74) is 6.47. The van der Waals surface area contributed by atoms with E-state index in [2.05, 4.69) is 5.32 Å². The summed E-state index contributed by atoms with van der Waals surface area (Å²) in [4.78, 5) is 25.6. The van der Waals surface area contributed by atoms with E-state index in [0.29, 0.717) is 17.0 Å². The summed E-state index contributed by atoms with van der Waals surface area (Å²) in [5, 5.41) is 2.60. The van der Waals surface area contributed by atoms with Crippen LogP contribution < -0.4 is 15.8 Å². The molecule has 108 valence electrons. The molecule has 0 aromatic heterocycles. The van der Waals surface area contributed by atoms with Gasteiger partial charge in [0.25, 0.3) is 5.91 Å². The Morgan fingerprint density at radius 2 is 2.05 bits per heavy atom. The average molecular weight is 277 g/mol. The molecule has 1 aliphatic rings. The van der Waals surface area contributed by atoms with E-state index in [4.69, 9.17) is 10.5 Å². The number of anilines is 1. The molecule has 0 unspecified atom stereocenters. The van der Waals surface area contributed by atoms with Gasteiger partial charge in [-0.3, -0.25) is 9.59 Å². The van der Waals surface area contributed by atoms with Gasteiger partial charge in [-0.15, -0.1) is 0 Å². The molecule has 0 radical (unpaired) electrons. The fraction of sp³-hybridized carbons (Fsp3) is 0.429. The maximum atomic E-state index is 12.0. The predicted molar refractivity (Wildman–Crippen MR) is 75.6 cm³/mol. The first kappa shape index (κ1) is 14.2. The maximum Gasteiger partial charge on any atom is 0.253 e. The van der Waals surface area contributed by atoms with Crippen LogP contribution in [0.4, 0.5) is 5.69 Å². The third kappa shape index (κ3) is 3.20. The van der Waals surface area contributed by atoms with Crippen molar-refractivity contribution in [2.24, 2.45) is 0 Å². The number of hydrogen-bond donors (Lipinski definition) is 2. The first-order chi connectivity index (χ1) is 9.61. The molecule has 1 fully saturated rings. The Hall–Kier alpha value is -2.24. The number of likely N-dealkylation sites (tertiary alicyclic amines) is 1. The third-order valence-corrected chi connectivity index (χ3v) is 3.36. The molecule has 3 N–H and O–H groups in total. The highest BCUT2D eigenvalue weighted by atomic mass is 16.5. The topological polar surface area (TPSA) is 84.7 Å². The first-order valence-corrected chi connectivity index (χ1v) is 6.61. The molecule has 0 saturated carbocycles. The zero-order valence-electron chi connectivity index (χ0n) is 11.5. The summed E-state index contributed by atoms with van der Waals surface area (Å²) >= 11 is 0. The number of nitrogen functional groups attached to an aromatic ring is 1. The zero-order chi connectivity index (χ0) is 14.5. The lowest BCUT2D eigenvalue weighted by Crippen LogP contribution is -2.38. The number of amides is 2. The van der Waals surface area contributed by atoms with E-state index < -0.39 is 0 Å². The maximum absolute atomic E-state index is 12.0. The van der Waals surface area contributed by atoms with Crippen molar-refractivity contribution in [3.05, 3.63) is 23.8 Å². The second-order valence-corrected chi connectivity index (χ2v) is 4.72. The van der Waals surface area contributed by atoms with E-state index in [0.717, 1.165) is 25.9 Å². The highest BCUT2D eigenvalue weighted by Crippen LogP contribution is 2.19. The Labute approximate surface area is 117 Å². The normalized spacial score (nSPS) is 14.2. The molecule has 2 rings (SSSR count). The monoisotopic (exact) mass is 277 g/mol. The van der Waals surface area contributed by atoms with Crippen molar-refractivity contribution < 1.29 is 14.3 Å². The molecule has 1 aromatic rings. The zero-order valence-corrected chi connectivity index (χ0v) is 11.5. The quantitative estimate of drug-likeness (QED) is 0.791. The van der Waals surface area contributed by atoms with Crippen molar-refractivity contribution in [1.29, 1.82) is 0 Å². The van der Waals surface area contributed by atoms with Crippen LogP contribution in [0.1, 0.15) is 23.2 Å². The van der Waals surface area contributed by atoms with Gasteiger partial charge in [-0.25, -0.2) is 0 Å². The fourth-order valence-electron chi connectivity index (χ4n) is 2.20. The molecule has 2 amide bonds. The Morgan fingerprint density at radius 1 is 1.35 bits per heavy atom. The van der Waals surface area contributed by atoms with Crippen molar-refractivity contribution in [3.63, 3.8) is 0 Å². The molecule has 1 aliphatic heterocycles. The van der Waals surface area contributed by atoms with Gasteiger partial charge in [0, 0.05) is 24.8 Å². The third-order valence-electron chi connectivity index (χ3n) is 3.36. The summed E-state index contributed by atoms with van der Waals surface area (Å²) in [5.74, 6) is 0.188. The molecule has 20 heavy (non-hydrogen) atoms. The van der Waals surface area contributed by atoms with Crippen molar-refractivity contribution in [1.82, 2.24) is 10.2 Å². The number of ether oxygens (including phenoxy) is 1. The number of carbonyl (C=O) groups is 2. The molecule has 6 heteroatoms. The van der Waals surface area contributed by atoms with Gasteiger partial charge in [0.1, 0.15) is 5.75 Å². The van der Waals surface area contributed by atoms with Crippen LogP contribution in [-0.2, 0) is 4.79 Å². The molecule has 1 saturated heterocycles. The van der Waals surface area contributed by atoms with Gasteiger partial charge in [0.15, 0.2) is 0 Å². The number of hydrogen-bond acceptors (Lipinski definition) is 4. The van der Waals surface area contributed by atoms with Crippen LogP contribution in [0.2, 0.25) is 0 Å². The van der Waals surface area contributed by atoms with Gasteiger partial charge in [-0.05, 0) is 25.0 Å². The second-order valence-electron chi connectivity index (χ2n) is 4.72. The van der Waals surface area contributed by atoms with Crippen LogP contribution in [0.3, 0.4) is 0 Å². The van der Waals surface area contributed by atoms with E-state index in [1.54, 1.807) is 23.1 Å². The number of rotatable bonds is 4. The van der Waals surface area contributed by atoms with Crippen molar-refractivity contribution >= 4 is 17.5 Å². The number of methoxy groups -OCH3 is 1. The van der Waals surface area contributed by atoms with E-state index in [1.807, 2.05) is 0 Å². The SMILES string of the molecule is COc1ccc(C(=O)NCC(=O)N2CCCC2)c(N)c1. The van der Waals surface area contributed by atoms with E-state index >= 15 is 0 Å². The molecule has 0 spiro atoms. The molecule has 0 bridgehead atoms. The van der Waals surface area contributed by atoms with Crippen molar-refractivity contribution in [2.45, 2.75) is 12.8 Å². The molecule has 0 atom stereocenters. The molecular weight excluding hydrogens is 258 g/mol. The van der Waals surface area contributed by atoms with Gasteiger partial charge < -0.3 is 20.7 Å². The van der Waals surface area contributed by atoms with Gasteiger partial charge in [0.2, 0.25) is 5.91 Å². The van der Waals surface area contributed by atoms with Gasteiger partial charge in [-0.1, -0.05) is 0 Å². The van der Waals surface area contributed by atoms with Gasteiger partial charge in [0.05, 0.1) is 19.2 Å². The summed E-state index contributed by atoms with van der Waals surface area (Å²) in [7, 11) is 1.53. The minimum absolute atomic E-state index is 0.00427. The Kier molecular flexibility index (Phi) is 4.45. The van der Waals surface area contributed by atoms with E-state index in [1.165, 1.54) is 7.11 Å².